The van der Waals surface area contributed by atoms with Crippen molar-refractivity contribution in [3.63, 3.8) is 0 Å². The highest BCUT2D eigenvalue weighted by Gasteiger charge is 2.17. The van der Waals surface area contributed by atoms with Crippen molar-refractivity contribution >= 4 is 5.69 Å². The monoisotopic (exact) mass is 248 g/mol. The highest BCUT2D eigenvalue weighted by atomic mass is 19.1. The number of rotatable bonds is 3. The lowest BCUT2D eigenvalue weighted by Gasteiger charge is -2.28. The molecule has 0 bridgehead atoms. The van der Waals surface area contributed by atoms with Gasteiger partial charge in [-0.25, -0.2) is 4.39 Å². The minimum absolute atomic E-state index is 0.340. The van der Waals surface area contributed by atoms with Crippen LogP contribution in [0.2, 0.25) is 0 Å². The Kier molecular flexibility index (Phi) is 4.16. The highest BCUT2D eigenvalue weighted by Crippen LogP contribution is 2.22. The van der Waals surface area contributed by atoms with Crippen molar-refractivity contribution < 1.29 is 9.13 Å². The normalized spacial score (nSPS) is 19.3. The lowest BCUT2D eigenvalue weighted by molar-refractivity contribution is 0.0576. The van der Waals surface area contributed by atoms with E-state index in [4.69, 9.17) is 10.00 Å². The number of ether oxygens (including phenoxy) is 1. The van der Waals surface area contributed by atoms with Crippen LogP contribution in [0.5, 0.6) is 0 Å². The Morgan fingerprint density at radius 1 is 1.56 bits per heavy atom. The van der Waals surface area contributed by atoms with Gasteiger partial charge in [0.15, 0.2) is 0 Å². The second kappa shape index (κ2) is 5.83. The van der Waals surface area contributed by atoms with E-state index in [1.807, 2.05) is 18.0 Å². The third-order valence-corrected chi connectivity index (χ3v) is 3.27. The van der Waals surface area contributed by atoms with Crippen LogP contribution in [0.4, 0.5) is 10.1 Å². The maximum Gasteiger partial charge on any atom is 0.147 e. The van der Waals surface area contributed by atoms with E-state index in [1.54, 1.807) is 12.1 Å². The number of hydrogen-bond donors (Lipinski definition) is 0. The minimum Gasteiger partial charge on any atom is -0.381 e. The van der Waals surface area contributed by atoms with Crippen molar-refractivity contribution in [1.29, 1.82) is 5.26 Å². The summed E-state index contributed by atoms with van der Waals surface area (Å²) in [7, 11) is 1.87. The molecule has 18 heavy (non-hydrogen) atoms. The Hall–Kier alpha value is -1.60. The van der Waals surface area contributed by atoms with Crippen LogP contribution in [0.25, 0.3) is 0 Å². The van der Waals surface area contributed by atoms with Gasteiger partial charge in [-0.15, -0.1) is 0 Å². The van der Waals surface area contributed by atoms with Crippen molar-refractivity contribution in [3.8, 4) is 6.07 Å². The quantitative estimate of drug-likeness (QED) is 0.824. The van der Waals surface area contributed by atoms with Gasteiger partial charge < -0.3 is 9.64 Å². The molecule has 1 aliphatic heterocycles. The fourth-order valence-electron chi connectivity index (χ4n) is 2.32. The van der Waals surface area contributed by atoms with Gasteiger partial charge in [0.25, 0.3) is 0 Å². The molecule has 0 radical (unpaired) electrons. The standard InChI is InChI=1S/C14H17FN2O/c1-17(9-12-3-2-6-18-10-12)14-5-4-11(8-16)7-13(14)15/h4-5,7,12H,2-3,6,9-10H2,1H3. The van der Waals surface area contributed by atoms with Gasteiger partial charge >= 0.3 is 0 Å². The van der Waals surface area contributed by atoms with Gasteiger partial charge in [0.05, 0.1) is 23.9 Å². The summed E-state index contributed by atoms with van der Waals surface area (Å²) in [6.07, 6.45) is 2.20. The Bertz CT molecular complexity index is 450. The molecule has 1 heterocycles. The summed E-state index contributed by atoms with van der Waals surface area (Å²) in [5.74, 6) is 0.118. The first-order valence-electron chi connectivity index (χ1n) is 6.19. The maximum absolute atomic E-state index is 13.8. The first-order valence-corrected chi connectivity index (χ1v) is 6.19. The Morgan fingerprint density at radius 2 is 2.39 bits per heavy atom. The predicted molar refractivity (Wildman–Crippen MR) is 67.9 cm³/mol. The molecule has 4 heteroatoms. The lowest BCUT2D eigenvalue weighted by Crippen LogP contribution is -2.31. The second-order valence-corrected chi connectivity index (χ2v) is 4.74. The van der Waals surface area contributed by atoms with Crippen molar-refractivity contribution in [2.45, 2.75) is 12.8 Å². The molecule has 1 fully saturated rings. The molecule has 0 amide bonds. The third-order valence-electron chi connectivity index (χ3n) is 3.27. The van der Waals surface area contributed by atoms with Gasteiger partial charge in [-0.3, -0.25) is 0 Å². The lowest BCUT2D eigenvalue weighted by atomic mass is 10.0. The van der Waals surface area contributed by atoms with Gasteiger partial charge in [0, 0.05) is 20.2 Å². The van der Waals surface area contributed by atoms with Crippen molar-refractivity contribution in [2.75, 3.05) is 31.7 Å². The fraction of sp³-hybridized carbons (Fsp3) is 0.500. The molecule has 96 valence electrons. The summed E-state index contributed by atoms with van der Waals surface area (Å²) in [5.41, 5.74) is 0.894. The molecular formula is C14H17FN2O. The van der Waals surface area contributed by atoms with Gasteiger partial charge in [-0.1, -0.05) is 0 Å². The van der Waals surface area contributed by atoms with Crippen LogP contribution < -0.4 is 4.90 Å². The third kappa shape index (κ3) is 2.99. The molecule has 0 aliphatic carbocycles. The summed E-state index contributed by atoms with van der Waals surface area (Å²) in [4.78, 5) is 1.90. The summed E-state index contributed by atoms with van der Waals surface area (Å²) in [5, 5.41) is 8.71. The molecule has 1 atom stereocenters. The van der Waals surface area contributed by atoms with E-state index in [1.165, 1.54) is 6.07 Å². The number of hydrogen-bond acceptors (Lipinski definition) is 3. The van der Waals surface area contributed by atoms with Crippen molar-refractivity contribution in [3.05, 3.63) is 29.6 Å². The zero-order valence-corrected chi connectivity index (χ0v) is 10.5. The van der Waals surface area contributed by atoms with E-state index in [0.29, 0.717) is 17.2 Å². The number of halogens is 1. The largest absolute Gasteiger partial charge is 0.381 e. The molecule has 2 rings (SSSR count). The molecular weight excluding hydrogens is 231 g/mol. The van der Waals surface area contributed by atoms with E-state index in [0.717, 1.165) is 32.6 Å². The molecule has 1 unspecified atom stereocenters. The summed E-state index contributed by atoms with van der Waals surface area (Å²) in [6.45, 7) is 2.37. The highest BCUT2D eigenvalue weighted by molar-refractivity contribution is 5.50. The molecule has 0 N–H and O–H groups in total. The molecule has 0 spiro atoms. The zero-order chi connectivity index (χ0) is 13.0. The van der Waals surface area contributed by atoms with E-state index in [2.05, 4.69) is 0 Å². The average Bonchev–Trinajstić information content (AvgIpc) is 2.39. The number of nitriles is 1. The first kappa shape index (κ1) is 12.8. The SMILES string of the molecule is CN(CC1CCCOC1)c1ccc(C#N)cc1F. The Balaban J connectivity index is 2.04. The smallest absolute Gasteiger partial charge is 0.147 e. The summed E-state index contributed by atoms with van der Waals surface area (Å²) >= 11 is 0. The number of nitrogens with zero attached hydrogens (tertiary/aromatic N) is 2. The predicted octanol–water partition coefficient (Wildman–Crippen LogP) is 2.56. The Morgan fingerprint density at radius 3 is 3.00 bits per heavy atom. The van der Waals surface area contributed by atoms with Gasteiger partial charge in [-0.2, -0.15) is 5.26 Å². The zero-order valence-electron chi connectivity index (χ0n) is 10.5. The van der Waals surface area contributed by atoms with Gasteiger partial charge in [-0.05, 0) is 37.0 Å². The molecule has 0 saturated carbocycles. The van der Waals surface area contributed by atoms with Gasteiger partial charge in [0.2, 0.25) is 0 Å². The van der Waals surface area contributed by atoms with Crippen LogP contribution in [-0.2, 0) is 4.74 Å². The number of anilines is 1. The Labute approximate surface area is 107 Å². The molecule has 1 aromatic carbocycles. The van der Waals surface area contributed by atoms with Crippen LogP contribution in [0.15, 0.2) is 18.2 Å². The molecule has 3 nitrogen and oxygen atoms in total. The first-order chi connectivity index (χ1) is 8.70. The summed E-state index contributed by atoms with van der Waals surface area (Å²) in [6, 6.07) is 6.53. The molecule has 1 aliphatic rings. The van der Waals surface area contributed by atoms with Crippen molar-refractivity contribution in [1.82, 2.24) is 0 Å². The van der Waals surface area contributed by atoms with Crippen LogP contribution in [-0.4, -0.2) is 26.8 Å². The topological polar surface area (TPSA) is 36.3 Å². The van der Waals surface area contributed by atoms with E-state index in [-0.39, 0.29) is 5.82 Å². The van der Waals surface area contributed by atoms with Crippen LogP contribution >= 0.6 is 0 Å². The van der Waals surface area contributed by atoms with E-state index < -0.39 is 0 Å². The van der Waals surface area contributed by atoms with E-state index in [9.17, 15) is 4.39 Å². The van der Waals surface area contributed by atoms with Crippen LogP contribution in [0.1, 0.15) is 18.4 Å². The molecule has 0 aromatic heterocycles. The fourth-order valence-corrected chi connectivity index (χ4v) is 2.32. The van der Waals surface area contributed by atoms with Crippen LogP contribution in [0.3, 0.4) is 0 Å². The minimum atomic E-state index is -0.340. The summed E-state index contributed by atoms with van der Waals surface area (Å²) < 4.78 is 19.2. The average molecular weight is 248 g/mol. The maximum atomic E-state index is 13.8. The van der Waals surface area contributed by atoms with Crippen molar-refractivity contribution in [2.24, 2.45) is 5.92 Å². The van der Waals surface area contributed by atoms with Gasteiger partial charge in [0.1, 0.15) is 5.82 Å². The van der Waals surface area contributed by atoms with E-state index >= 15 is 0 Å². The molecule has 1 aromatic rings. The molecule has 1 saturated heterocycles. The van der Waals surface area contributed by atoms with Crippen LogP contribution in [0, 0.1) is 23.1 Å². The second-order valence-electron chi connectivity index (χ2n) is 4.74. The number of benzene rings is 1.